The maximum Gasteiger partial charge on any atom is 0.268 e. The Morgan fingerprint density at radius 3 is 1.62 bits per heavy atom. The number of carbonyl (C=O) groups is 1. The van der Waals surface area contributed by atoms with E-state index in [-0.39, 0.29) is 12.5 Å². The van der Waals surface area contributed by atoms with E-state index < -0.39 is 26.6 Å². The summed E-state index contributed by atoms with van der Waals surface area (Å²) in [5.41, 5.74) is 0. The van der Waals surface area contributed by atoms with Crippen LogP contribution in [0, 0.1) is 0 Å². The zero-order valence-corrected chi connectivity index (χ0v) is 34.2. The van der Waals surface area contributed by atoms with Gasteiger partial charge < -0.3 is 28.8 Å². The van der Waals surface area contributed by atoms with Gasteiger partial charge in [-0.3, -0.25) is 9.36 Å². The number of nitrogens with one attached hydrogen (secondary N) is 1. The molecule has 50 heavy (non-hydrogen) atoms. The van der Waals surface area contributed by atoms with Crippen LogP contribution in [-0.2, 0) is 18.4 Å². The zero-order chi connectivity index (χ0) is 37.2. The fourth-order valence-corrected chi connectivity index (χ4v) is 6.54. The molecule has 0 saturated heterocycles. The van der Waals surface area contributed by atoms with Crippen molar-refractivity contribution in [1.29, 1.82) is 0 Å². The van der Waals surface area contributed by atoms with E-state index >= 15 is 0 Å². The van der Waals surface area contributed by atoms with E-state index in [0.717, 1.165) is 38.5 Å². The van der Waals surface area contributed by atoms with E-state index in [4.69, 9.17) is 9.05 Å². The van der Waals surface area contributed by atoms with Crippen LogP contribution >= 0.6 is 7.82 Å². The molecule has 0 aliphatic carbocycles. The number of aliphatic hydroxyl groups excluding tert-OH is 1. The van der Waals surface area contributed by atoms with Gasteiger partial charge in [0.2, 0.25) is 5.91 Å². The average Bonchev–Trinajstić information content (AvgIpc) is 3.06. The first-order valence-corrected chi connectivity index (χ1v) is 22.2. The summed E-state index contributed by atoms with van der Waals surface area (Å²) >= 11 is 0. The molecular weight excluding hydrogens is 647 g/mol. The van der Waals surface area contributed by atoms with Crippen LogP contribution < -0.4 is 10.2 Å². The van der Waals surface area contributed by atoms with Crippen LogP contribution in [0.3, 0.4) is 0 Å². The normalized spacial score (nSPS) is 14.8. The molecule has 0 aliphatic heterocycles. The lowest BCUT2D eigenvalue weighted by atomic mass is 10.0. The maximum atomic E-state index is 12.7. The molecule has 0 saturated carbocycles. The molecule has 3 atom stereocenters. The smallest absolute Gasteiger partial charge is 0.268 e. The number of rotatable bonds is 37. The minimum absolute atomic E-state index is 0.00499. The monoisotopic (exact) mass is 729 g/mol. The first-order chi connectivity index (χ1) is 24.0. The molecular formula is C41H81N2O6P. The standard InChI is InChI=1S/C41H81N2O6P/c1-6-8-10-12-14-15-16-17-18-19-20-21-22-23-24-25-26-27-29-30-32-34-40(44)39(38-49-50(46,47)48-37-36-43(3,4)5)42-41(45)35-33-31-28-13-11-9-7-2/h26-27,32,34,39-40,44H,6-25,28-31,33,35-38H2,1-5H3,(H-,42,45,46,47)/b27-26+,34-32+. The lowest BCUT2D eigenvalue weighted by Gasteiger charge is -2.29. The van der Waals surface area contributed by atoms with Crippen LogP contribution in [-0.4, -0.2) is 68.5 Å². The van der Waals surface area contributed by atoms with Crippen molar-refractivity contribution in [3.05, 3.63) is 24.3 Å². The molecule has 2 N–H and O–H groups in total. The van der Waals surface area contributed by atoms with Crippen LogP contribution in [0.25, 0.3) is 0 Å². The second kappa shape index (κ2) is 33.8. The van der Waals surface area contributed by atoms with Crippen LogP contribution in [0.15, 0.2) is 24.3 Å². The Balaban J connectivity index is 4.35. The molecule has 0 aromatic rings. The first-order valence-electron chi connectivity index (χ1n) is 20.7. The van der Waals surface area contributed by atoms with Crippen LogP contribution in [0.5, 0.6) is 0 Å². The van der Waals surface area contributed by atoms with Gasteiger partial charge in [-0.1, -0.05) is 167 Å². The molecule has 0 spiro atoms. The summed E-state index contributed by atoms with van der Waals surface area (Å²) in [6, 6.07) is -0.895. The van der Waals surface area contributed by atoms with Crippen molar-refractivity contribution < 1.29 is 32.9 Å². The number of carbonyl (C=O) groups excluding carboxylic acids is 1. The lowest BCUT2D eigenvalue weighted by molar-refractivity contribution is -0.870. The molecule has 0 bridgehead atoms. The second-order valence-corrected chi connectivity index (χ2v) is 16.8. The highest BCUT2D eigenvalue weighted by Gasteiger charge is 2.23. The summed E-state index contributed by atoms with van der Waals surface area (Å²) in [6.45, 7) is 4.57. The van der Waals surface area contributed by atoms with Gasteiger partial charge in [-0.2, -0.15) is 0 Å². The van der Waals surface area contributed by atoms with Gasteiger partial charge in [0.15, 0.2) is 0 Å². The highest BCUT2D eigenvalue weighted by atomic mass is 31.2. The number of hydrogen-bond acceptors (Lipinski definition) is 6. The Morgan fingerprint density at radius 1 is 0.680 bits per heavy atom. The van der Waals surface area contributed by atoms with Crippen molar-refractivity contribution in [3.8, 4) is 0 Å². The molecule has 0 rings (SSSR count). The van der Waals surface area contributed by atoms with Crippen molar-refractivity contribution in [2.75, 3.05) is 40.9 Å². The predicted octanol–water partition coefficient (Wildman–Crippen LogP) is 10.3. The fraction of sp³-hybridized carbons (Fsp3) is 0.878. The van der Waals surface area contributed by atoms with E-state index in [0.29, 0.717) is 17.4 Å². The average molecular weight is 729 g/mol. The summed E-state index contributed by atoms with van der Waals surface area (Å²) in [4.78, 5) is 25.0. The third kappa shape index (κ3) is 35.4. The summed E-state index contributed by atoms with van der Waals surface area (Å²) in [6.07, 6.45) is 38.2. The fourth-order valence-electron chi connectivity index (χ4n) is 5.81. The lowest BCUT2D eigenvalue weighted by Crippen LogP contribution is -2.45. The van der Waals surface area contributed by atoms with Gasteiger partial charge in [-0.15, -0.1) is 0 Å². The molecule has 296 valence electrons. The summed E-state index contributed by atoms with van der Waals surface area (Å²) < 4.78 is 23.0. The summed E-state index contributed by atoms with van der Waals surface area (Å²) in [5, 5.41) is 13.7. The molecule has 1 amide bonds. The topological polar surface area (TPSA) is 108 Å². The van der Waals surface area contributed by atoms with Gasteiger partial charge in [0.05, 0.1) is 39.9 Å². The summed E-state index contributed by atoms with van der Waals surface area (Å²) in [5.74, 6) is -0.215. The number of allylic oxidation sites excluding steroid dienone is 3. The number of nitrogens with zero attached hydrogens (tertiary/aromatic N) is 1. The maximum absolute atomic E-state index is 12.7. The van der Waals surface area contributed by atoms with Crippen LogP contribution in [0.4, 0.5) is 0 Å². The number of phosphoric ester groups is 1. The minimum atomic E-state index is -4.58. The quantitative estimate of drug-likeness (QED) is 0.0285. The highest BCUT2D eigenvalue weighted by Crippen LogP contribution is 2.38. The zero-order valence-electron chi connectivity index (χ0n) is 33.4. The third-order valence-electron chi connectivity index (χ3n) is 9.16. The molecule has 8 nitrogen and oxygen atoms in total. The first kappa shape index (κ1) is 49.0. The number of phosphoric acid groups is 1. The molecule has 3 unspecified atom stereocenters. The Labute approximate surface area is 309 Å². The summed E-state index contributed by atoms with van der Waals surface area (Å²) in [7, 11) is 1.24. The third-order valence-corrected chi connectivity index (χ3v) is 10.1. The van der Waals surface area contributed by atoms with Crippen LogP contribution in [0.2, 0.25) is 0 Å². The number of unbranched alkanes of at least 4 members (excludes halogenated alkanes) is 22. The van der Waals surface area contributed by atoms with E-state index in [1.807, 2.05) is 27.2 Å². The second-order valence-electron chi connectivity index (χ2n) is 15.3. The van der Waals surface area contributed by atoms with Crippen molar-refractivity contribution >= 4 is 13.7 Å². The predicted molar refractivity (Wildman–Crippen MR) is 210 cm³/mol. The number of likely N-dealkylation sites (N-methyl/N-ethyl adjacent to an activating group) is 1. The molecule has 0 aliphatic rings. The Kier molecular flexibility index (Phi) is 33.1. The van der Waals surface area contributed by atoms with E-state index in [9.17, 15) is 19.4 Å². The van der Waals surface area contributed by atoms with Crippen molar-refractivity contribution in [2.45, 2.75) is 193 Å². The van der Waals surface area contributed by atoms with Crippen molar-refractivity contribution in [1.82, 2.24) is 5.32 Å². The number of hydrogen-bond donors (Lipinski definition) is 2. The van der Waals surface area contributed by atoms with E-state index in [1.54, 1.807) is 6.08 Å². The van der Waals surface area contributed by atoms with Crippen molar-refractivity contribution in [3.63, 3.8) is 0 Å². The number of quaternary nitrogens is 1. The number of aliphatic hydroxyl groups is 1. The van der Waals surface area contributed by atoms with Crippen molar-refractivity contribution in [2.24, 2.45) is 0 Å². The molecule has 0 fully saturated rings. The molecule has 0 aromatic heterocycles. The number of amides is 1. The molecule has 0 heterocycles. The van der Waals surface area contributed by atoms with Gasteiger partial charge in [-0.25, -0.2) is 0 Å². The SMILES string of the molecule is CCCCCCCCCCCCCCCCC/C=C/CC/C=C/C(O)C(COP(=O)([O-])OCC[N+](C)(C)C)NC(=O)CCCCCCCCC. The Morgan fingerprint density at radius 2 is 1.12 bits per heavy atom. The molecule has 9 heteroatoms. The Bertz CT molecular complexity index is 876. The van der Waals surface area contributed by atoms with Gasteiger partial charge in [0, 0.05) is 6.42 Å². The van der Waals surface area contributed by atoms with E-state index in [1.165, 1.54) is 122 Å². The minimum Gasteiger partial charge on any atom is -0.756 e. The highest BCUT2D eigenvalue weighted by molar-refractivity contribution is 7.45. The molecule has 0 radical (unpaired) electrons. The van der Waals surface area contributed by atoms with E-state index in [2.05, 4.69) is 31.3 Å². The van der Waals surface area contributed by atoms with Crippen LogP contribution in [0.1, 0.15) is 181 Å². The van der Waals surface area contributed by atoms with Gasteiger partial charge in [0.25, 0.3) is 7.82 Å². The van der Waals surface area contributed by atoms with Gasteiger partial charge in [0.1, 0.15) is 13.2 Å². The Hall–Kier alpha value is -1.02. The molecule has 0 aromatic carbocycles. The van der Waals surface area contributed by atoms with Gasteiger partial charge >= 0.3 is 0 Å². The van der Waals surface area contributed by atoms with Gasteiger partial charge in [-0.05, 0) is 32.1 Å². The largest absolute Gasteiger partial charge is 0.756 e.